The Labute approximate surface area is 120 Å². The Morgan fingerprint density at radius 3 is 2.59 bits per heavy atom. The lowest BCUT2D eigenvalue weighted by molar-refractivity contribution is 0.851. The number of halogens is 2. The van der Waals surface area contributed by atoms with E-state index < -0.39 is 0 Å². The molecule has 4 heteroatoms. The summed E-state index contributed by atoms with van der Waals surface area (Å²) in [4.78, 5) is 4.58. The van der Waals surface area contributed by atoms with Crippen LogP contribution in [-0.2, 0) is 0 Å². The molecule has 2 rings (SSSR count). The van der Waals surface area contributed by atoms with E-state index in [-0.39, 0.29) is 0 Å². The second kappa shape index (κ2) is 4.61. The molecule has 0 radical (unpaired) electrons. The van der Waals surface area contributed by atoms with Gasteiger partial charge in [0.15, 0.2) is 0 Å². The molecule has 2 N–H and O–H groups in total. The van der Waals surface area contributed by atoms with Gasteiger partial charge in [0.25, 0.3) is 0 Å². The lowest BCUT2D eigenvalue weighted by atomic mass is 9.97. The number of aromatic nitrogens is 1. The van der Waals surface area contributed by atoms with E-state index in [2.05, 4.69) is 41.4 Å². The van der Waals surface area contributed by atoms with Crippen molar-refractivity contribution >= 4 is 50.8 Å². The summed E-state index contributed by atoms with van der Waals surface area (Å²) in [6.07, 6.45) is 0. The zero-order valence-corrected chi connectivity index (χ0v) is 12.9. The lowest BCUT2D eigenvalue weighted by Crippen LogP contribution is -2.03. The van der Waals surface area contributed by atoms with Gasteiger partial charge >= 0.3 is 0 Å². The van der Waals surface area contributed by atoms with Crippen molar-refractivity contribution in [3.63, 3.8) is 0 Å². The van der Waals surface area contributed by atoms with Crippen LogP contribution in [-0.4, -0.2) is 4.98 Å². The maximum absolute atomic E-state index is 6.26. The molecule has 0 aliphatic rings. The Balaban J connectivity index is 2.92. The molecule has 0 amide bonds. The van der Waals surface area contributed by atoms with E-state index in [1.54, 1.807) is 0 Å². The van der Waals surface area contributed by atoms with Gasteiger partial charge in [0, 0.05) is 20.3 Å². The van der Waals surface area contributed by atoms with E-state index in [1.165, 1.54) is 0 Å². The predicted octanol–water partition coefficient (Wildman–Crippen LogP) is 4.51. The highest BCUT2D eigenvalue weighted by molar-refractivity contribution is 14.1. The number of anilines is 1. The van der Waals surface area contributed by atoms with Crippen LogP contribution in [0.3, 0.4) is 0 Å². The Bertz CT molecular complexity index is 594. The Morgan fingerprint density at radius 2 is 2.00 bits per heavy atom. The van der Waals surface area contributed by atoms with E-state index in [1.807, 2.05) is 19.1 Å². The number of hydrogen-bond acceptors (Lipinski definition) is 2. The quantitative estimate of drug-likeness (QED) is 0.760. The van der Waals surface area contributed by atoms with E-state index >= 15 is 0 Å². The van der Waals surface area contributed by atoms with Crippen LogP contribution in [0.5, 0.6) is 0 Å². The summed E-state index contributed by atoms with van der Waals surface area (Å²) in [6.45, 7) is 6.24. The fourth-order valence-corrected chi connectivity index (χ4v) is 3.25. The first-order valence-corrected chi connectivity index (χ1v) is 6.92. The molecule has 0 atom stereocenters. The molecule has 2 nitrogen and oxygen atoms in total. The van der Waals surface area contributed by atoms with Gasteiger partial charge in [0.1, 0.15) is 0 Å². The Morgan fingerprint density at radius 1 is 1.35 bits per heavy atom. The number of hydrogen-bond donors (Lipinski definition) is 1. The molecule has 0 spiro atoms. The van der Waals surface area contributed by atoms with E-state index in [9.17, 15) is 0 Å². The van der Waals surface area contributed by atoms with Gasteiger partial charge in [-0.15, -0.1) is 0 Å². The molecular formula is C13H14ClIN2. The second-order valence-electron chi connectivity index (χ2n) is 4.46. The number of nitrogens with two attached hydrogens (primary N) is 1. The number of pyridine rings is 1. The minimum Gasteiger partial charge on any atom is -0.398 e. The highest BCUT2D eigenvalue weighted by Gasteiger charge is 2.15. The Hall–Kier alpha value is -0.550. The summed E-state index contributed by atoms with van der Waals surface area (Å²) in [5, 5.41) is 1.62. The van der Waals surface area contributed by atoms with Crippen LogP contribution in [0.2, 0.25) is 5.02 Å². The van der Waals surface area contributed by atoms with Crippen LogP contribution < -0.4 is 5.73 Å². The molecule has 1 aromatic heterocycles. The largest absolute Gasteiger partial charge is 0.398 e. The van der Waals surface area contributed by atoms with Gasteiger partial charge in [0.05, 0.1) is 10.5 Å². The van der Waals surface area contributed by atoms with Crippen molar-refractivity contribution in [2.45, 2.75) is 26.7 Å². The van der Waals surface area contributed by atoms with Crippen LogP contribution in [0.25, 0.3) is 10.9 Å². The van der Waals surface area contributed by atoms with Gasteiger partial charge in [-0.2, -0.15) is 0 Å². The third kappa shape index (κ3) is 2.22. The fourth-order valence-electron chi connectivity index (χ4n) is 2.18. The van der Waals surface area contributed by atoms with Crippen LogP contribution in [0.4, 0.5) is 5.69 Å². The smallest absolute Gasteiger partial charge is 0.0912 e. The average Bonchev–Trinajstić information content (AvgIpc) is 2.19. The van der Waals surface area contributed by atoms with Crippen molar-refractivity contribution in [3.05, 3.63) is 32.0 Å². The summed E-state index contributed by atoms with van der Waals surface area (Å²) in [5.74, 6) is 0.364. The van der Waals surface area contributed by atoms with Crippen molar-refractivity contribution in [2.75, 3.05) is 5.73 Å². The molecule has 0 bridgehead atoms. The van der Waals surface area contributed by atoms with Crippen molar-refractivity contribution in [2.24, 2.45) is 0 Å². The standard InChI is InChI=1S/C13H14ClIN2/c1-6(2)11-7(3)17-13-9(12(11)16)4-8(15)5-10(13)14/h4-6H,1-3H3,(H2,16,17). The molecule has 1 heterocycles. The van der Waals surface area contributed by atoms with Gasteiger partial charge in [-0.05, 0) is 53.1 Å². The van der Waals surface area contributed by atoms with Crippen LogP contribution in [0.15, 0.2) is 12.1 Å². The molecule has 17 heavy (non-hydrogen) atoms. The molecule has 0 fully saturated rings. The number of fused-ring (bicyclic) bond motifs is 1. The van der Waals surface area contributed by atoms with Gasteiger partial charge in [-0.25, -0.2) is 0 Å². The first-order valence-electron chi connectivity index (χ1n) is 5.46. The third-order valence-corrected chi connectivity index (χ3v) is 3.77. The monoisotopic (exact) mass is 360 g/mol. The SMILES string of the molecule is Cc1nc2c(Cl)cc(I)cc2c(N)c1C(C)C. The molecule has 2 aromatic rings. The predicted molar refractivity (Wildman–Crippen MR) is 82.7 cm³/mol. The van der Waals surface area contributed by atoms with E-state index in [0.717, 1.165) is 31.4 Å². The van der Waals surface area contributed by atoms with E-state index in [0.29, 0.717) is 10.9 Å². The van der Waals surface area contributed by atoms with Crippen LogP contribution >= 0.6 is 34.2 Å². The van der Waals surface area contributed by atoms with Crippen LogP contribution in [0, 0.1) is 10.5 Å². The summed E-state index contributed by atoms with van der Waals surface area (Å²) >= 11 is 8.46. The highest BCUT2D eigenvalue weighted by Crippen LogP contribution is 2.34. The van der Waals surface area contributed by atoms with Gasteiger partial charge in [0.2, 0.25) is 0 Å². The molecule has 0 aliphatic carbocycles. The second-order valence-corrected chi connectivity index (χ2v) is 6.12. The number of nitrogens with zero attached hydrogens (tertiary/aromatic N) is 1. The van der Waals surface area contributed by atoms with E-state index in [4.69, 9.17) is 17.3 Å². The number of rotatable bonds is 1. The minimum absolute atomic E-state index is 0.364. The number of nitrogen functional groups attached to an aromatic ring is 1. The summed E-state index contributed by atoms with van der Waals surface area (Å²) in [7, 11) is 0. The van der Waals surface area contributed by atoms with Gasteiger partial charge in [-0.3, -0.25) is 4.98 Å². The number of aryl methyl sites for hydroxylation is 1. The highest BCUT2D eigenvalue weighted by atomic mass is 127. The topological polar surface area (TPSA) is 38.9 Å². The summed E-state index contributed by atoms with van der Waals surface area (Å²) < 4.78 is 1.08. The average molecular weight is 361 g/mol. The lowest BCUT2D eigenvalue weighted by Gasteiger charge is -2.15. The minimum atomic E-state index is 0.364. The fraction of sp³-hybridized carbons (Fsp3) is 0.308. The zero-order valence-electron chi connectivity index (χ0n) is 10.0. The summed E-state index contributed by atoms with van der Waals surface area (Å²) in [5.41, 5.74) is 9.95. The maximum Gasteiger partial charge on any atom is 0.0912 e. The maximum atomic E-state index is 6.26. The normalized spacial score (nSPS) is 11.4. The first kappa shape index (κ1) is 12.9. The molecular weight excluding hydrogens is 347 g/mol. The van der Waals surface area contributed by atoms with Gasteiger partial charge < -0.3 is 5.73 Å². The van der Waals surface area contributed by atoms with Crippen molar-refractivity contribution in [3.8, 4) is 0 Å². The number of benzene rings is 1. The molecule has 0 saturated heterocycles. The zero-order chi connectivity index (χ0) is 12.7. The van der Waals surface area contributed by atoms with Crippen LogP contribution in [0.1, 0.15) is 31.0 Å². The third-order valence-electron chi connectivity index (χ3n) is 2.86. The Kier molecular flexibility index (Phi) is 3.50. The molecule has 1 aromatic carbocycles. The van der Waals surface area contributed by atoms with Crippen molar-refractivity contribution in [1.29, 1.82) is 0 Å². The summed E-state index contributed by atoms with van der Waals surface area (Å²) in [6, 6.07) is 3.95. The first-order chi connectivity index (χ1) is 7.91. The molecule has 0 saturated carbocycles. The van der Waals surface area contributed by atoms with Crippen molar-refractivity contribution in [1.82, 2.24) is 4.98 Å². The molecule has 90 valence electrons. The molecule has 0 aliphatic heterocycles. The molecule has 0 unspecified atom stereocenters. The van der Waals surface area contributed by atoms with Crippen molar-refractivity contribution < 1.29 is 0 Å². The van der Waals surface area contributed by atoms with Gasteiger partial charge in [-0.1, -0.05) is 25.4 Å².